The molecule has 94 valence electrons. The molecule has 0 spiro atoms. The van der Waals surface area contributed by atoms with Crippen molar-refractivity contribution in [2.45, 2.75) is 29.5 Å². The number of hydrogen-bond donors (Lipinski definition) is 1. The minimum atomic E-state index is -0.190. The van der Waals surface area contributed by atoms with Crippen molar-refractivity contribution in [2.24, 2.45) is 5.73 Å². The lowest BCUT2D eigenvalue weighted by molar-refractivity contribution is 0.1000. The standard InChI is InChI=1S/C12H15BrFNOS/c13-11-8(7-15)1-2-10(12(11)14)17-9-3-5-16-6-4-9/h1-2,9H,3-7,15H2. The predicted molar refractivity (Wildman–Crippen MR) is 71.7 cm³/mol. The Labute approximate surface area is 113 Å². The Hall–Kier alpha value is -0.100. The van der Waals surface area contributed by atoms with Gasteiger partial charge in [-0.1, -0.05) is 6.07 Å². The molecule has 0 aliphatic carbocycles. The molecular formula is C12H15BrFNOS. The van der Waals surface area contributed by atoms with Crippen molar-refractivity contribution in [3.63, 3.8) is 0 Å². The molecule has 0 amide bonds. The van der Waals surface area contributed by atoms with E-state index in [1.54, 1.807) is 11.8 Å². The number of thioether (sulfide) groups is 1. The minimum absolute atomic E-state index is 0.190. The predicted octanol–water partition coefficient (Wildman–Crippen LogP) is 3.32. The molecule has 0 saturated carbocycles. The monoisotopic (exact) mass is 319 g/mol. The molecule has 0 aromatic heterocycles. The number of rotatable bonds is 3. The van der Waals surface area contributed by atoms with Crippen LogP contribution in [0.1, 0.15) is 18.4 Å². The zero-order valence-corrected chi connectivity index (χ0v) is 11.8. The first kappa shape index (κ1) is 13.3. The molecule has 1 aromatic rings. The fourth-order valence-electron chi connectivity index (χ4n) is 1.79. The van der Waals surface area contributed by atoms with Crippen LogP contribution in [0.4, 0.5) is 4.39 Å². The van der Waals surface area contributed by atoms with Gasteiger partial charge >= 0.3 is 0 Å². The Morgan fingerprint density at radius 1 is 1.41 bits per heavy atom. The highest BCUT2D eigenvalue weighted by molar-refractivity contribution is 9.10. The number of halogens is 2. The first-order valence-electron chi connectivity index (χ1n) is 5.63. The molecule has 0 unspecified atom stereocenters. The topological polar surface area (TPSA) is 35.2 Å². The maximum absolute atomic E-state index is 14.0. The Balaban J connectivity index is 2.12. The van der Waals surface area contributed by atoms with E-state index in [0.29, 0.717) is 21.2 Å². The summed E-state index contributed by atoms with van der Waals surface area (Å²) < 4.78 is 19.8. The maximum Gasteiger partial charge on any atom is 0.151 e. The van der Waals surface area contributed by atoms with Crippen molar-refractivity contribution in [1.82, 2.24) is 0 Å². The molecule has 2 N–H and O–H groups in total. The van der Waals surface area contributed by atoms with Gasteiger partial charge in [0.1, 0.15) is 0 Å². The molecular weight excluding hydrogens is 305 g/mol. The van der Waals surface area contributed by atoms with Crippen molar-refractivity contribution in [1.29, 1.82) is 0 Å². The van der Waals surface area contributed by atoms with E-state index in [-0.39, 0.29) is 5.82 Å². The van der Waals surface area contributed by atoms with Gasteiger partial charge in [-0.05, 0) is 40.4 Å². The van der Waals surface area contributed by atoms with Crippen molar-refractivity contribution in [3.8, 4) is 0 Å². The summed E-state index contributed by atoms with van der Waals surface area (Å²) in [6, 6.07) is 3.71. The summed E-state index contributed by atoms with van der Waals surface area (Å²) in [5, 5.41) is 0.453. The van der Waals surface area contributed by atoms with Crippen molar-refractivity contribution in [3.05, 3.63) is 28.0 Å². The smallest absolute Gasteiger partial charge is 0.151 e. The van der Waals surface area contributed by atoms with E-state index in [1.165, 1.54) is 0 Å². The third-order valence-electron chi connectivity index (χ3n) is 2.81. The summed E-state index contributed by atoms with van der Waals surface area (Å²) in [6.45, 7) is 1.91. The summed E-state index contributed by atoms with van der Waals surface area (Å²) >= 11 is 4.86. The molecule has 1 aliphatic heterocycles. The van der Waals surface area contributed by atoms with E-state index in [2.05, 4.69) is 15.9 Å². The van der Waals surface area contributed by atoms with Crippen LogP contribution in [-0.2, 0) is 11.3 Å². The number of nitrogens with two attached hydrogens (primary N) is 1. The van der Waals surface area contributed by atoms with Gasteiger partial charge in [0.25, 0.3) is 0 Å². The highest BCUT2D eigenvalue weighted by Crippen LogP contribution is 2.35. The van der Waals surface area contributed by atoms with Gasteiger partial charge in [0.05, 0.1) is 4.47 Å². The third kappa shape index (κ3) is 3.22. The zero-order chi connectivity index (χ0) is 12.3. The normalized spacial score (nSPS) is 17.4. The van der Waals surface area contributed by atoms with Crippen molar-refractivity contribution >= 4 is 27.7 Å². The fraction of sp³-hybridized carbons (Fsp3) is 0.500. The summed E-state index contributed by atoms with van der Waals surface area (Å²) in [6.07, 6.45) is 1.97. The molecule has 0 atom stereocenters. The molecule has 1 aliphatic rings. The van der Waals surface area contributed by atoms with Gasteiger partial charge < -0.3 is 10.5 Å². The summed E-state index contributed by atoms with van der Waals surface area (Å²) in [5.41, 5.74) is 6.34. The summed E-state index contributed by atoms with van der Waals surface area (Å²) in [5.74, 6) is -0.190. The third-order valence-corrected chi connectivity index (χ3v) is 5.04. The van der Waals surface area contributed by atoms with Gasteiger partial charge in [0.15, 0.2) is 5.82 Å². The van der Waals surface area contributed by atoms with Gasteiger partial charge in [-0.15, -0.1) is 11.8 Å². The lowest BCUT2D eigenvalue weighted by atomic mass is 10.2. The van der Waals surface area contributed by atoms with Crippen LogP contribution in [0, 0.1) is 5.82 Å². The summed E-state index contributed by atoms with van der Waals surface area (Å²) in [7, 11) is 0. The molecule has 1 saturated heterocycles. The van der Waals surface area contributed by atoms with Crippen molar-refractivity contribution in [2.75, 3.05) is 13.2 Å². The second-order valence-electron chi connectivity index (χ2n) is 3.98. The van der Waals surface area contributed by atoms with Crippen LogP contribution in [0.25, 0.3) is 0 Å². The Kier molecular flexibility index (Phi) is 4.85. The van der Waals surface area contributed by atoms with E-state index < -0.39 is 0 Å². The van der Waals surface area contributed by atoms with Gasteiger partial charge in [0.2, 0.25) is 0 Å². The fourth-order valence-corrected chi connectivity index (χ4v) is 3.57. The lowest BCUT2D eigenvalue weighted by Crippen LogP contribution is -2.17. The molecule has 1 aromatic carbocycles. The second kappa shape index (κ2) is 6.18. The summed E-state index contributed by atoms with van der Waals surface area (Å²) in [4.78, 5) is 0.695. The van der Waals surface area contributed by atoms with Crippen LogP contribution >= 0.6 is 27.7 Å². The van der Waals surface area contributed by atoms with Crippen LogP contribution in [0.5, 0.6) is 0 Å². The van der Waals surface area contributed by atoms with Crippen molar-refractivity contribution < 1.29 is 9.13 Å². The van der Waals surface area contributed by atoms with Crippen LogP contribution in [-0.4, -0.2) is 18.5 Å². The Bertz CT molecular complexity index is 396. The molecule has 0 bridgehead atoms. The van der Waals surface area contributed by atoms with E-state index in [9.17, 15) is 4.39 Å². The molecule has 1 heterocycles. The molecule has 1 fully saturated rings. The van der Waals surface area contributed by atoms with E-state index in [0.717, 1.165) is 31.6 Å². The van der Waals surface area contributed by atoms with E-state index in [4.69, 9.17) is 10.5 Å². The van der Waals surface area contributed by atoms with Gasteiger partial charge in [-0.2, -0.15) is 0 Å². The van der Waals surface area contributed by atoms with Crippen LogP contribution in [0.2, 0.25) is 0 Å². The zero-order valence-electron chi connectivity index (χ0n) is 9.42. The first-order chi connectivity index (χ1) is 8.22. The highest BCUT2D eigenvalue weighted by atomic mass is 79.9. The van der Waals surface area contributed by atoms with Gasteiger partial charge in [-0.3, -0.25) is 0 Å². The average molecular weight is 320 g/mol. The first-order valence-corrected chi connectivity index (χ1v) is 7.31. The maximum atomic E-state index is 14.0. The van der Waals surface area contributed by atoms with Gasteiger partial charge in [0, 0.05) is 29.9 Å². The molecule has 0 radical (unpaired) electrons. The SMILES string of the molecule is NCc1ccc(SC2CCOCC2)c(F)c1Br. The van der Waals surface area contributed by atoms with E-state index >= 15 is 0 Å². The average Bonchev–Trinajstić information content (AvgIpc) is 2.37. The molecule has 2 nitrogen and oxygen atoms in total. The molecule has 5 heteroatoms. The van der Waals surface area contributed by atoms with Crippen LogP contribution in [0.15, 0.2) is 21.5 Å². The lowest BCUT2D eigenvalue weighted by Gasteiger charge is -2.22. The quantitative estimate of drug-likeness (QED) is 0.928. The number of ether oxygens (including phenoxy) is 1. The van der Waals surface area contributed by atoms with E-state index in [1.807, 2.05) is 12.1 Å². The Morgan fingerprint density at radius 3 is 2.76 bits per heavy atom. The largest absolute Gasteiger partial charge is 0.381 e. The highest BCUT2D eigenvalue weighted by Gasteiger charge is 2.18. The second-order valence-corrected chi connectivity index (χ2v) is 6.12. The van der Waals surface area contributed by atoms with Crippen LogP contribution < -0.4 is 5.73 Å². The number of hydrogen-bond acceptors (Lipinski definition) is 3. The number of benzene rings is 1. The van der Waals surface area contributed by atoms with Gasteiger partial charge in [-0.25, -0.2) is 4.39 Å². The Morgan fingerprint density at radius 2 is 2.12 bits per heavy atom. The minimum Gasteiger partial charge on any atom is -0.381 e. The van der Waals surface area contributed by atoms with Crippen LogP contribution in [0.3, 0.4) is 0 Å². The molecule has 17 heavy (non-hydrogen) atoms. The molecule has 2 rings (SSSR count).